The van der Waals surface area contributed by atoms with Crippen molar-refractivity contribution in [2.75, 3.05) is 6.54 Å². The number of rotatable bonds is 5. The number of alkyl halides is 3. The molecule has 0 aromatic carbocycles. The van der Waals surface area contributed by atoms with Crippen LogP contribution in [0.15, 0.2) is 0 Å². The Bertz CT molecular complexity index is 199. The van der Waals surface area contributed by atoms with Crippen LogP contribution in [-0.2, 0) is 0 Å². The summed E-state index contributed by atoms with van der Waals surface area (Å²) in [5, 5.41) is 2.86. The molecule has 1 atom stereocenters. The van der Waals surface area contributed by atoms with Gasteiger partial charge in [-0.25, -0.2) is 0 Å². The highest BCUT2D eigenvalue weighted by atomic mass is 19.4. The third-order valence-corrected chi connectivity index (χ3v) is 3.00. The van der Waals surface area contributed by atoms with Gasteiger partial charge in [0.1, 0.15) is 0 Å². The SMILES string of the molecule is CC(CC(F)(F)F)NCCC1(N)CCC1. The van der Waals surface area contributed by atoms with Crippen LogP contribution in [0.3, 0.4) is 0 Å². The molecule has 0 spiro atoms. The van der Waals surface area contributed by atoms with E-state index >= 15 is 0 Å². The van der Waals surface area contributed by atoms with Crippen molar-refractivity contribution in [2.24, 2.45) is 5.73 Å². The summed E-state index contributed by atoms with van der Waals surface area (Å²) in [4.78, 5) is 0. The summed E-state index contributed by atoms with van der Waals surface area (Å²) in [5.41, 5.74) is 5.85. The molecule has 0 amide bonds. The summed E-state index contributed by atoms with van der Waals surface area (Å²) >= 11 is 0. The van der Waals surface area contributed by atoms with Crippen molar-refractivity contribution in [2.45, 2.75) is 56.8 Å². The van der Waals surface area contributed by atoms with Crippen LogP contribution < -0.4 is 11.1 Å². The highest BCUT2D eigenvalue weighted by Gasteiger charge is 2.33. The molecule has 1 aliphatic carbocycles. The largest absolute Gasteiger partial charge is 0.390 e. The molecule has 5 heteroatoms. The lowest BCUT2D eigenvalue weighted by Crippen LogP contribution is -2.49. The molecule has 0 aromatic heterocycles. The summed E-state index contributed by atoms with van der Waals surface area (Å²) in [7, 11) is 0. The van der Waals surface area contributed by atoms with E-state index in [4.69, 9.17) is 5.73 Å². The third kappa shape index (κ3) is 4.84. The van der Waals surface area contributed by atoms with Crippen molar-refractivity contribution in [3.63, 3.8) is 0 Å². The normalized spacial score (nSPS) is 22.2. The molecule has 15 heavy (non-hydrogen) atoms. The third-order valence-electron chi connectivity index (χ3n) is 3.00. The first-order valence-corrected chi connectivity index (χ1v) is 5.40. The first-order chi connectivity index (χ1) is 6.81. The van der Waals surface area contributed by atoms with Gasteiger partial charge in [-0.2, -0.15) is 13.2 Å². The minimum absolute atomic E-state index is 0.106. The molecule has 1 unspecified atom stereocenters. The summed E-state index contributed by atoms with van der Waals surface area (Å²) in [6.45, 7) is 2.13. The molecule has 90 valence electrons. The van der Waals surface area contributed by atoms with Crippen molar-refractivity contribution >= 4 is 0 Å². The summed E-state index contributed by atoms with van der Waals surface area (Å²) in [6, 6.07) is -0.520. The van der Waals surface area contributed by atoms with E-state index in [1.165, 1.54) is 0 Å². The van der Waals surface area contributed by atoms with Crippen LogP contribution in [0.4, 0.5) is 13.2 Å². The van der Waals surface area contributed by atoms with Crippen LogP contribution in [0, 0.1) is 0 Å². The fourth-order valence-corrected chi connectivity index (χ4v) is 1.87. The fourth-order valence-electron chi connectivity index (χ4n) is 1.87. The molecule has 1 rings (SSSR count). The predicted octanol–water partition coefficient (Wildman–Crippen LogP) is 2.19. The molecule has 1 aliphatic rings. The molecule has 0 heterocycles. The van der Waals surface area contributed by atoms with Gasteiger partial charge in [0.25, 0.3) is 0 Å². The fraction of sp³-hybridized carbons (Fsp3) is 1.00. The molecular formula is C10H19F3N2. The monoisotopic (exact) mass is 224 g/mol. The second kappa shape index (κ2) is 4.70. The van der Waals surface area contributed by atoms with Gasteiger partial charge < -0.3 is 11.1 Å². The number of hydrogen-bond donors (Lipinski definition) is 2. The maximum atomic E-state index is 12.0. The number of nitrogens with two attached hydrogens (primary N) is 1. The van der Waals surface area contributed by atoms with E-state index in [0.29, 0.717) is 6.54 Å². The molecule has 0 saturated heterocycles. The van der Waals surface area contributed by atoms with Crippen molar-refractivity contribution in [1.29, 1.82) is 0 Å². The zero-order chi connectivity index (χ0) is 11.5. The van der Waals surface area contributed by atoms with Gasteiger partial charge in [-0.15, -0.1) is 0 Å². The minimum Gasteiger partial charge on any atom is -0.325 e. The Kier molecular flexibility index (Phi) is 4.00. The zero-order valence-corrected chi connectivity index (χ0v) is 9.03. The Balaban J connectivity index is 2.09. The maximum Gasteiger partial charge on any atom is 0.390 e. The Morgan fingerprint density at radius 1 is 1.40 bits per heavy atom. The van der Waals surface area contributed by atoms with E-state index in [-0.39, 0.29) is 5.54 Å². The van der Waals surface area contributed by atoms with Gasteiger partial charge >= 0.3 is 6.18 Å². The van der Waals surface area contributed by atoms with E-state index < -0.39 is 18.6 Å². The van der Waals surface area contributed by atoms with E-state index in [9.17, 15) is 13.2 Å². The first kappa shape index (κ1) is 12.8. The quantitative estimate of drug-likeness (QED) is 0.751. The smallest absolute Gasteiger partial charge is 0.325 e. The second-order valence-corrected chi connectivity index (χ2v) is 4.64. The van der Waals surface area contributed by atoms with Gasteiger partial charge in [0.05, 0.1) is 6.42 Å². The number of hydrogen-bond acceptors (Lipinski definition) is 2. The molecule has 1 fully saturated rings. The minimum atomic E-state index is -4.08. The van der Waals surface area contributed by atoms with Gasteiger partial charge in [-0.05, 0) is 39.2 Å². The van der Waals surface area contributed by atoms with Gasteiger partial charge in [0, 0.05) is 11.6 Å². The van der Waals surface area contributed by atoms with Crippen molar-refractivity contribution in [3.8, 4) is 0 Å². The van der Waals surface area contributed by atoms with Crippen LogP contribution in [0.1, 0.15) is 39.0 Å². The Morgan fingerprint density at radius 2 is 2.00 bits per heavy atom. The lowest BCUT2D eigenvalue weighted by atomic mass is 9.75. The van der Waals surface area contributed by atoms with Crippen molar-refractivity contribution < 1.29 is 13.2 Å². The van der Waals surface area contributed by atoms with Gasteiger partial charge in [-0.1, -0.05) is 0 Å². The molecule has 3 N–H and O–H groups in total. The van der Waals surface area contributed by atoms with Gasteiger partial charge in [0.2, 0.25) is 0 Å². The molecule has 0 aliphatic heterocycles. The van der Waals surface area contributed by atoms with Crippen molar-refractivity contribution in [3.05, 3.63) is 0 Å². The predicted molar refractivity (Wildman–Crippen MR) is 53.5 cm³/mol. The highest BCUT2D eigenvalue weighted by Crippen LogP contribution is 2.31. The molecular weight excluding hydrogens is 205 g/mol. The zero-order valence-electron chi connectivity index (χ0n) is 9.03. The Labute approximate surface area is 88.4 Å². The number of nitrogens with one attached hydrogen (secondary N) is 1. The molecule has 2 nitrogen and oxygen atoms in total. The Hall–Kier alpha value is -0.290. The van der Waals surface area contributed by atoms with E-state index in [0.717, 1.165) is 25.7 Å². The lowest BCUT2D eigenvalue weighted by Gasteiger charge is -2.38. The summed E-state index contributed by atoms with van der Waals surface area (Å²) < 4.78 is 35.9. The average Bonchev–Trinajstić information content (AvgIpc) is 1.97. The molecule has 0 bridgehead atoms. The Morgan fingerprint density at radius 3 is 2.40 bits per heavy atom. The van der Waals surface area contributed by atoms with Crippen LogP contribution in [0.25, 0.3) is 0 Å². The number of halogens is 3. The summed E-state index contributed by atoms with van der Waals surface area (Å²) in [6.07, 6.45) is -0.928. The lowest BCUT2D eigenvalue weighted by molar-refractivity contribution is -0.139. The van der Waals surface area contributed by atoms with Gasteiger partial charge in [-0.3, -0.25) is 0 Å². The standard InChI is InChI=1S/C10H19F3N2/c1-8(7-10(11,12)13)15-6-5-9(14)3-2-4-9/h8,15H,2-7,14H2,1H3. The summed E-state index contributed by atoms with van der Waals surface area (Å²) in [5.74, 6) is 0. The van der Waals surface area contributed by atoms with Crippen molar-refractivity contribution in [1.82, 2.24) is 5.32 Å². The van der Waals surface area contributed by atoms with Crippen LogP contribution in [-0.4, -0.2) is 24.3 Å². The van der Waals surface area contributed by atoms with Crippen LogP contribution >= 0.6 is 0 Å². The topological polar surface area (TPSA) is 38.0 Å². The molecule has 0 aromatic rings. The van der Waals surface area contributed by atoms with Crippen LogP contribution in [0.5, 0.6) is 0 Å². The second-order valence-electron chi connectivity index (χ2n) is 4.64. The average molecular weight is 224 g/mol. The maximum absolute atomic E-state index is 12.0. The van der Waals surface area contributed by atoms with Crippen LogP contribution in [0.2, 0.25) is 0 Å². The highest BCUT2D eigenvalue weighted by molar-refractivity contribution is 4.92. The van der Waals surface area contributed by atoms with Gasteiger partial charge in [0.15, 0.2) is 0 Å². The van der Waals surface area contributed by atoms with E-state index in [1.54, 1.807) is 6.92 Å². The molecule has 1 saturated carbocycles. The first-order valence-electron chi connectivity index (χ1n) is 5.40. The molecule has 0 radical (unpaired) electrons. The van der Waals surface area contributed by atoms with E-state index in [1.807, 2.05) is 0 Å². The van der Waals surface area contributed by atoms with E-state index in [2.05, 4.69) is 5.32 Å².